The van der Waals surface area contributed by atoms with E-state index in [1.807, 2.05) is 17.9 Å². The molecule has 1 aromatic heterocycles. The standard InChI is InChI=1S/C17H19N3OS/c1-12-18-9-16(22-12)17(21)20-11-14-6-4-8-19(14)10-13-5-2-3-7-15(13)20/h2-3,5,7,9,14H,4,6,8,10-11H2,1H3/t14-/m0/s1. The summed E-state index contributed by atoms with van der Waals surface area (Å²) in [6.45, 7) is 4.82. The predicted molar refractivity (Wildman–Crippen MR) is 88.4 cm³/mol. The van der Waals surface area contributed by atoms with Gasteiger partial charge in [-0.05, 0) is 37.9 Å². The Hall–Kier alpha value is -1.72. The molecule has 2 aromatic rings. The number of aryl methyl sites for hydroxylation is 1. The molecule has 1 saturated heterocycles. The summed E-state index contributed by atoms with van der Waals surface area (Å²) in [4.78, 5) is 22.5. The van der Waals surface area contributed by atoms with Gasteiger partial charge < -0.3 is 4.90 Å². The molecule has 5 heteroatoms. The van der Waals surface area contributed by atoms with E-state index in [-0.39, 0.29) is 5.91 Å². The highest BCUT2D eigenvalue weighted by atomic mass is 32.1. The van der Waals surface area contributed by atoms with Crippen molar-refractivity contribution in [3.05, 3.63) is 45.9 Å². The van der Waals surface area contributed by atoms with E-state index in [1.54, 1.807) is 6.20 Å². The molecule has 0 spiro atoms. The minimum Gasteiger partial charge on any atom is -0.306 e. The Balaban J connectivity index is 1.74. The third-order valence-corrected chi connectivity index (χ3v) is 5.53. The predicted octanol–water partition coefficient (Wildman–Crippen LogP) is 3.08. The van der Waals surface area contributed by atoms with Crippen molar-refractivity contribution in [2.45, 2.75) is 32.4 Å². The van der Waals surface area contributed by atoms with Gasteiger partial charge in [0.2, 0.25) is 0 Å². The van der Waals surface area contributed by atoms with E-state index in [0.717, 1.165) is 35.2 Å². The lowest BCUT2D eigenvalue weighted by atomic mass is 10.1. The van der Waals surface area contributed by atoms with E-state index in [1.165, 1.54) is 29.7 Å². The molecular formula is C17H19N3OS. The van der Waals surface area contributed by atoms with Crippen LogP contribution in [0.3, 0.4) is 0 Å². The summed E-state index contributed by atoms with van der Waals surface area (Å²) in [6, 6.07) is 8.78. The zero-order valence-electron chi connectivity index (χ0n) is 12.7. The van der Waals surface area contributed by atoms with Gasteiger partial charge in [0.1, 0.15) is 4.88 Å². The van der Waals surface area contributed by atoms with Gasteiger partial charge in [0.25, 0.3) is 5.91 Å². The summed E-state index contributed by atoms with van der Waals surface area (Å²) >= 11 is 1.48. The molecule has 0 unspecified atom stereocenters. The van der Waals surface area contributed by atoms with Gasteiger partial charge in [-0.1, -0.05) is 18.2 Å². The van der Waals surface area contributed by atoms with E-state index in [4.69, 9.17) is 0 Å². The van der Waals surface area contributed by atoms with Crippen molar-refractivity contribution in [3.8, 4) is 0 Å². The lowest BCUT2D eigenvalue weighted by Crippen LogP contribution is -2.40. The van der Waals surface area contributed by atoms with Crippen LogP contribution < -0.4 is 4.90 Å². The molecule has 1 atom stereocenters. The lowest BCUT2D eigenvalue weighted by molar-refractivity contribution is 0.0984. The molecule has 1 fully saturated rings. The number of aromatic nitrogens is 1. The smallest absolute Gasteiger partial charge is 0.270 e. The first-order valence-corrected chi connectivity index (χ1v) is 8.60. The van der Waals surface area contributed by atoms with Crippen LogP contribution in [-0.2, 0) is 6.54 Å². The molecule has 0 N–H and O–H groups in total. The van der Waals surface area contributed by atoms with Gasteiger partial charge in [0.05, 0.1) is 11.2 Å². The van der Waals surface area contributed by atoms with Crippen molar-refractivity contribution in [2.24, 2.45) is 0 Å². The Morgan fingerprint density at radius 1 is 1.36 bits per heavy atom. The van der Waals surface area contributed by atoms with Gasteiger partial charge in [0, 0.05) is 24.8 Å². The Bertz CT molecular complexity index is 711. The molecule has 2 aliphatic heterocycles. The van der Waals surface area contributed by atoms with Gasteiger partial charge in [-0.15, -0.1) is 11.3 Å². The number of anilines is 1. The molecule has 3 heterocycles. The summed E-state index contributed by atoms with van der Waals surface area (Å²) < 4.78 is 0. The van der Waals surface area contributed by atoms with Crippen molar-refractivity contribution in [1.29, 1.82) is 0 Å². The van der Waals surface area contributed by atoms with Crippen molar-refractivity contribution >= 4 is 22.9 Å². The van der Waals surface area contributed by atoms with E-state index >= 15 is 0 Å². The average molecular weight is 313 g/mol. The normalized spacial score (nSPS) is 21.3. The SMILES string of the molecule is Cc1ncc(C(=O)N2C[C@@H]3CCCN3Cc3ccccc32)s1. The maximum absolute atomic E-state index is 13.0. The monoisotopic (exact) mass is 313 g/mol. The third kappa shape index (κ3) is 2.34. The van der Waals surface area contributed by atoms with Gasteiger partial charge in [0.15, 0.2) is 0 Å². The van der Waals surface area contributed by atoms with E-state index in [2.05, 4.69) is 28.1 Å². The Labute approximate surface area is 134 Å². The van der Waals surface area contributed by atoms with E-state index in [0.29, 0.717) is 6.04 Å². The van der Waals surface area contributed by atoms with Crippen molar-refractivity contribution in [3.63, 3.8) is 0 Å². The number of rotatable bonds is 1. The number of fused-ring (bicyclic) bond motifs is 2. The molecule has 1 amide bonds. The zero-order chi connectivity index (χ0) is 15.1. The number of benzene rings is 1. The van der Waals surface area contributed by atoms with Crippen LogP contribution in [-0.4, -0.2) is 34.9 Å². The minimum atomic E-state index is 0.0896. The molecule has 0 saturated carbocycles. The molecule has 1 aromatic carbocycles. The van der Waals surface area contributed by atoms with Crippen molar-refractivity contribution < 1.29 is 4.79 Å². The summed E-state index contributed by atoms with van der Waals surface area (Å²) in [6.07, 6.45) is 4.12. The molecule has 4 rings (SSSR count). The highest BCUT2D eigenvalue weighted by Gasteiger charge is 2.34. The van der Waals surface area contributed by atoms with Crippen LogP contribution in [0.15, 0.2) is 30.5 Å². The summed E-state index contributed by atoms with van der Waals surface area (Å²) in [5, 5.41) is 0.939. The summed E-state index contributed by atoms with van der Waals surface area (Å²) in [5.41, 5.74) is 2.31. The third-order valence-electron chi connectivity index (χ3n) is 4.63. The fourth-order valence-electron chi connectivity index (χ4n) is 3.53. The molecule has 0 aliphatic carbocycles. The number of hydrogen-bond acceptors (Lipinski definition) is 4. The number of carbonyl (C=O) groups is 1. The molecule has 114 valence electrons. The van der Waals surface area contributed by atoms with Crippen LogP contribution in [0.5, 0.6) is 0 Å². The first kappa shape index (κ1) is 13.9. The summed E-state index contributed by atoms with van der Waals surface area (Å²) in [7, 11) is 0. The average Bonchev–Trinajstić information content (AvgIpc) is 3.11. The molecule has 2 aliphatic rings. The van der Waals surface area contributed by atoms with Crippen molar-refractivity contribution in [2.75, 3.05) is 18.0 Å². The van der Waals surface area contributed by atoms with Crippen LogP contribution in [0.1, 0.15) is 33.1 Å². The number of carbonyl (C=O) groups excluding carboxylic acids is 1. The van der Waals surface area contributed by atoms with Gasteiger partial charge in [-0.3, -0.25) is 9.69 Å². The number of amides is 1. The van der Waals surface area contributed by atoms with Gasteiger partial charge >= 0.3 is 0 Å². The molecule has 4 nitrogen and oxygen atoms in total. The van der Waals surface area contributed by atoms with Crippen LogP contribution in [0.4, 0.5) is 5.69 Å². The molecular weight excluding hydrogens is 294 g/mol. The Kier molecular flexibility index (Phi) is 3.47. The Morgan fingerprint density at radius 3 is 3.05 bits per heavy atom. The fourth-order valence-corrected chi connectivity index (χ4v) is 4.26. The van der Waals surface area contributed by atoms with Crippen LogP contribution >= 0.6 is 11.3 Å². The van der Waals surface area contributed by atoms with E-state index in [9.17, 15) is 4.79 Å². The van der Waals surface area contributed by atoms with Gasteiger partial charge in [-0.2, -0.15) is 0 Å². The Morgan fingerprint density at radius 2 is 2.23 bits per heavy atom. The maximum Gasteiger partial charge on any atom is 0.270 e. The second-order valence-electron chi connectivity index (χ2n) is 6.05. The van der Waals surface area contributed by atoms with E-state index < -0.39 is 0 Å². The summed E-state index contributed by atoms with van der Waals surface area (Å²) in [5.74, 6) is 0.0896. The van der Waals surface area contributed by atoms with Crippen LogP contribution in [0, 0.1) is 6.92 Å². The maximum atomic E-state index is 13.0. The van der Waals surface area contributed by atoms with Crippen LogP contribution in [0.25, 0.3) is 0 Å². The first-order chi connectivity index (χ1) is 10.7. The van der Waals surface area contributed by atoms with Gasteiger partial charge in [-0.25, -0.2) is 4.98 Å². The number of thiazole rings is 1. The first-order valence-electron chi connectivity index (χ1n) is 7.78. The quantitative estimate of drug-likeness (QED) is 0.812. The number of hydrogen-bond donors (Lipinski definition) is 0. The highest BCUT2D eigenvalue weighted by molar-refractivity contribution is 7.13. The zero-order valence-corrected chi connectivity index (χ0v) is 13.5. The lowest BCUT2D eigenvalue weighted by Gasteiger charge is -2.26. The second kappa shape index (κ2) is 5.48. The number of nitrogens with zero attached hydrogens (tertiary/aromatic N) is 3. The molecule has 0 radical (unpaired) electrons. The topological polar surface area (TPSA) is 36.4 Å². The minimum absolute atomic E-state index is 0.0896. The second-order valence-corrected chi connectivity index (χ2v) is 7.29. The molecule has 22 heavy (non-hydrogen) atoms. The van der Waals surface area contributed by atoms with Crippen LogP contribution in [0.2, 0.25) is 0 Å². The molecule has 0 bridgehead atoms. The largest absolute Gasteiger partial charge is 0.306 e. The highest BCUT2D eigenvalue weighted by Crippen LogP contribution is 2.32. The number of para-hydroxylation sites is 1. The fraction of sp³-hybridized carbons (Fsp3) is 0.412. The van der Waals surface area contributed by atoms with Crippen molar-refractivity contribution in [1.82, 2.24) is 9.88 Å².